The largest absolute Gasteiger partial charge is 0.489 e. The van der Waals surface area contributed by atoms with E-state index >= 15 is 0 Å². The van der Waals surface area contributed by atoms with Crippen LogP contribution in [0.25, 0.3) is 6.08 Å². The van der Waals surface area contributed by atoms with Crippen molar-refractivity contribution in [3.63, 3.8) is 0 Å². The van der Waals surface area contributed by atoms with Gasteiger partial charge in [-0.25, -0.2) is 0 Å². The van der Waals surface area contributed by atoms with Crippen LogP contribution in [0.15, 0.2) is 107 Å². The number of amides is 2. The molecule has 0 aliphatic rings. The molecule has 6 heteroatoms. The van der Waals surface area contributed by atoms with Crippen molar-refractivity contribution in [3.05, 3.63) is 125 Å². The van der Waals surface area contributed by atoms with Gasteiger partial charge in [0.25, 0.3) is 11.8 Å². The number of rotatable bonds is 8. The monoisotopic (exact) mass is 452 g/mol. The third-order valence-corrected chi connectivity index (χ3v) is 4.96. The van der Waals surface area contributed by atoms with Crippen molar-refractivity contribution in [1.29, 1.82) is 0 Å². The minimum absolute atomic E-state index is 0.0610. The van der Waals surface area contributed by atoms with Crippen molar-refractivity contribution in [2.24, 2.45) is 0 Å². The molecule has 2 amide bonds. The average molecular weight is 453 g/mol. The summed E-state index contributed by atoms with van der Waals surface area (Å²) >= 11 is 0. The van der Waals surface area contributed by atoms with Crippen LogP contribution in [-0.4, -0.2) is 11.8 Å². The van der Waals surface area contributed by atoms with Crippen LogP contribution in [0.3, 0.4) is 0 Å². The molecular weight excluding hydrogens is 428 g/mol. The first kappa shape index (κ1) is 22.6. The minimum Gasteiger partial charge on any atom is -0.489 e. The van der Waals surface area contributed by atoms with Crippen LogP contribution in [-0.2, 0) is 11.4 Å². The van der Waals surface area contributed by atoms with Crippen LogP contribution in [0.2, 0.25) is 0 Å². The lowest BCUT2D eigenvalue weighted by Gasteiger charge is -2.12. The van der Waals surface area contributed by atoms with Gasteiger partial charge in [-0.05, 0) is 61.0 Å². The second-order valence-corrected chi connectivity index (χ2v) is 7.65. The SMILES string of the molecule is Cc1cccc(C(=O)N/C(=C\c2ccco2)C(=O)Nc2ccc(OCc3ccccc3)cc2)c1. The van der Waals surface area contributed by atoms with Gasteiger partial charge in [0.1, 0.15) is 23.8 Å². The van der Waals surface area contributed by atoms with Gasteiger partial charge in [0.15, 0.2) is 0 Å². The number of hydrogen-bond donors (Lipinski definition) is 2. The fourth-order valence-corrected chi connectivity index (χ4v) is 3.23. The Hall–Kier alpha value is -4.58. The van der Waals surface area contributed by atoms with E-state index in [9.17, 15) is 9.59 Å². The third kappa shape index (κ3) is 6.23. The lowest BCUT2D eigenvalue weighted by Crippen LogP contribution is -2.30. The summed E-state index contributed by atoms with van der Waals surface area (Å²) in [7, 11) is 0. The van der Waals surface area contributed by atoms with E-state index in [2.05, 4.69) is 10.6 Å². The summed E-state index contributed by atoms with van der Waals surface area (Å²) in [6.45, 7) is 2.35. The van der Waals surface area contributed by atoms with Crippen molar-refractivity contribution in [1.82, 2.24) is 5.32 Å². The number of hydrogen-bond acceptors (Lipinski definition) is 4. The summed E-state index contributed by atoms with van der Waals surface area (Å²) < 4.78 is 11.1. The van der Waals surface area contributed by atoms with E-state index in [-0.39, 0.29) is 11.6 Å². The van der Waals surface area contributed by atoms with Gasteiger partial charge in [0.05, 0.1) is 6.26 Å². The Labute approximate surface area is 197 Å². The van der Waals surface area contributed by atoms with Crippen molar-refractivity contribution in [3.8, 4) is 5.75 Å². The average Bonchev–Trinajstić information content (AvgIpc) is 3.37. The fraction of sp³-hybridized carbons (Fsp3) is 0.0714. The van der Waals surface area contributed by atoms with Crippen LogP contribution >= 0.6 is 0 Å². The molecule has 0 bridgehead atoms. The van der Waals surface area contributed by atoms with Gasteiger partial charge in [-0.2, -0.15) is 0 Å². The third-order valence-electron chi connectivity index (χ3n) is 4.96. The molecule has 34 heavy (non-hydrogen) atoms. The highest BCUT2D eigenvalue weighted by atomic mass is 16.5. The highest BCUT2D eigenvalue weighted by Crippen LogP contribution is 2.18. The Morgan fingerprint density at radius 3 is 2.41 bits per heavy atom. The molecule has 1 heterocycles. The van der Waals surface area contributed by atoms with E-state index in [0.29, 0.717) is 29.4 Å². The summed E-state index contributed by atoms with van der Waals surface area (Å²) in [6.07, 6.45) is 2.98. The van der Waals surface area contributed by atoms with Crippen LogP contribution in [0.4, 0.5) is 5.69 Å². The molecule has 1 aromatic heterocycles. The maximum absolute atomic E-state index is 13.0. The smallest absolute Gasteiger partial charge is 0.272 e. The van der Waals surface area contributed by atoms with Crippen LogP contribution < -0.4 is 15.4 Å². The molecule has 4 aromatic rings. The Bertz CT molecular complexity index is 1280. The van der Waals surface area contributed by atoms with Crippen molar-refractivity contribution in [2.75, 3.05) is 5.32 Å². The van der Waals surface area contributed by atoms with Crippen molar-refractivity contribution >= 4 is 23.6 Å². The van der Waals surface area contributed by atoms with E-state index in [1.165, 1.54) is 12.3 Å². The zero-order valence-electron chi connectivity index (χ0n) is 18.7. The Morgan fingerprint density at radius 2 is 1.71 bits per heavy atom. The predicted molar refractivity (Wildman–Crippen MR) is 131 cm³/mol. The van der Waals surface area contributed by atoms with E-state index in [1.54, 1.807) is 54.6 Å². The molecule has 0 aliphatic heterocycles. The zero-order valence-corrected chi connectivity index (χ0v) is 18.7. The van der Waals surface area contributed by atoms with E-state index in [0.717, 1.165) is 11.1 Å². The zero-order chi connectivity index (χ0) is 23.8. The second kappa shape index (κ2) is 10.8. The number of carbonyl (C=O) groups is 2. The van der Waals surface area contributed by atoms with Gasteiger partial charge in [-0.3, -0.25) is 9.59 Å². The van der Waals surface area contributed by atoms with Gasteiger partial charge in [0, 0.05) is 17.3 Å². The first-order valence-electron chi connectivity index (χ1n) is 10.8. The molecule has 4 rings (SSSR count). The highest BCUT2D eigenvalue weighted by Gasteiger charge is 2.16. The number of furan rings is 1. The van der Waals surface area contributed by atoms with Gasteiger partial charge < -0.3 is 19.8 Å². The standard InChI is InChI=1S/C28H24N2O4/c1-20-7-5-10-22(17-20)27(31)30-26(18-25-11-6-16-33-25)28(32)29-23-12-14-24(15-13-23)34-19-21-8-3-2-4-9-21/h2-18H,19H2,1H3,(H,29,32)(H,30,31)/b26-18-. The molecule has 3 aromatic carbocycles. The molecule has 0 atom stereocenters. The maximum atomic E-state index is 13.0. The molecule has 170 valence electrons. The summed E-state index contributed by atoms with van der Waals surface area (Å²) in [5.74, 6) is 0.261. The quantitative estimate of drug-likeness (QED) is 0.342. The van der Waals surface area contributed by atoms with E-state index < -0.39 is 5.91 Å². The van der Waals surface area contributed by atoms with Crippen LogP contribution in [0, 0.1) is 6.92 Å². The first-order chi connectivity index (χ1) is 16.6. The summed E-state index contributed by atoms with van der Waals surface area (Å²) in [4.78, 5) is 25.7. The molecule has 0 unspecified atom stereocenters. The molecule has 0 saturated heterocycles. The molecule has 0 aliphatic carbocycles. The molecule has 2 N–H and O–H groups in total. The number of nitrogens with one attached hydrogen (secondary N) is 2. The normalized spacial score (nSPS) is 11.0. The summed E-state index contributed by atoms with van der Waals surface area (Å²) in [5.41, 5.74) is 3.09. The Kier molecular flexibility index (Phi) is 7.20. The van der Waals surface area contributed by atoms with E-state index in [4.69, 9.17) is 9.15 Å². The predicted octanol–water partition coefficient (Wildman–Crippen LogP) is 5.58. The Morgan fingerprint density at radius 1 is 0.912 bits per heavy atom. The number of anilines is 1. The molecule has 6 nitrogen and oxygen atoms in total. The summed E-state index contributed by atoms with van der Waals surface area (Å²) in [6, 6.07) is 27.4. The molecular formula is C28H24N2O4. The number of benzene rings is 3. The summed E-state index contributed by atoms with van der Waals surface area (Å²) in [5, 5.41) is 5.50. The Balaban J connectivity index is 1.44. The number of ether oxygens (including phenoxy) is 1. The first-order valence-corrected chi connectivity index (χ1v) is 10.8. The minimum atomic E-state index is -0.477. The van der Waals surface area contributed by atoms with Crippen molar-refractivity contribution in [2.45, 2.75) is 13.5 Å². The van der Waals surface area contributed by atoms with Crippen LogP contribution in [0.1, 0.15) is 27.2 Å². The van der Waals surface area contributed by atoms with Crippen molar-refractivity contribution < 1.29 is 18.7 Å². The second-order valence-electron chi connectivity index (χ2n) is 7.65. The lowest BCUT2D eigenvalue weighted by atomic mass is 10.1. The van der Waals surface area contributed by atoms with Gasteiger partial charge in [-0.1, -0.05) is 48.0 Å². The van der Waals surface area contributed by atoms with Gasteiger partial charge >= 0.3 is 0 Å². The van der Waals surface area contributed by atoms with Crippen LogP contribution in [0.5, 0.6) is 5.75 Å². The number of aryl methyl sites for hydroxylation is 1. The van der Waals surface area contributed by atoms with Gasteiger partial charge in [0.2, 0.25) is 0 Å². The molecule has 0 saturated carbocycles. The highest BCUT2D eigenvalue weighted by molar-refractivity contribution is 6.10. The van der Waals surface area contributed by atoms with E-state index in [1.807, 2.05) is 43.3 Å². The lowest BCUT2D eigenvalue weighted by molar-refractivity contribution is -0.113. The fourth-order valence-electron chi connectivity index (χ4n) is 3.23. The number of carbonyl (C=O) groups excluding carboxylic acids is 2. The van der Waals surface area contributed by atoms with Gasteiger partial charge in [-0.15, -0.1) is 0 Å². The maximum Gasteiger partial charge on any atom is 0.272 e. The molecule has 0 spiro atoms. The molecule has 0 radical (unpaired) electrons. The topological polar surface area (TPSA) is 80.6 Å². The molecule has 0 fully saturated rings.